The van der Waals surface area contributed by atoms with Crippen molar-refractivity contribution in [1.29, 1.82) is 5.26 Å². The number of hydrogen-bond acceptors (Lipinski definition) is 3. The predicted octanol–water partition coefficient (Wildman–Crippen LogP) is 2.92. The molecular formula is C14H17ClN2O2. The molecular weight excluding hydrogens is 264 g/mol. The molecule has 1 unspecified atom stereocenters. The zero-order valence-electron chi connectivity index (χ0n) is 10.9. The molecule has 0 spiro atoms. The van der Waals surface area contributed by atoms with Gasteiger partial charge in [0, 0.05) is 0 Å². The molecule has 0 aromatic heterocycles. The zero-order valence-corrected chi connectivity index (χ0v) is 11.6. The van der Waals surface area contributed by atoms with Crippen LogP contribution in [0.5, 0.6) is 5.75 Å². The van der Waals surface area contributed by atoms with Crippen molar-refractivity contribution in [3.05, 3.63) is 29.3 Å². The minimum Gasteiger partial charge on any atom is -0.491 e. The van der Waals surface area contributed by atoms with E-state index in [0.717, 1.165) is 6.42 Å². The summed E-state index contributed by atoms with van der Waals surface area (Å²) in [5.74, 6) is 0.370. The van der Waals surface area contributed by atoms with Crippen LogP contribution in [0.1, 0.15) is 26.2 Å². The molecule has 1 amide bonds. The molecule has 1 atom stereocenters. The molecule has 0 heterocycles. The number of halogens is 1. The van der Waals surface area contributed by atoms with Gasteiger partial charge in [-0.1, -0.05) is 37.1 Å². The largest absolute Gasteiger partial charge is 0.491 e. The van der Waals surface area contributed by atoms with Crippen molar-refractivity contribution >= 4 is 17.5 Å². The summed E-state index contributed by atoms with van der Waals surface area (Å²) in [6, 6.07) is 8.73. The van der Waals surface area contributed by atoms with E-state index >= 15 is 0 Å². The molecule has 4 nitrogen and oxygen atoms in total. The van der Waals surface area contributed by atoms with Crippen LogP contribution in [0.15, 0.2) is 24.3 Å². The van der Waals surface area contributed by atoms with E-state index in [9.17, 15) is 4.79 Å². The molecule has 5 heteroatoms. The average molecular weight is 281 g/mol. The van der Waals surface area contributed by atoms with Gasteiger partial charge in [-0.25, -0.2) is 0 Å². The summed E-state index contributed by atoms with van der Waals surface area (Å²) in [5.41, 5.74) is 0. The number of nitrogens with zero attached hydrogens (tertiary/aromatic N) is 1. The SMILES string of the molecule is CCCC(C#N)NC(=O)CCOc1ccccc1Cl. The highest BCUT2D eigenvalue weighted by atomic mass is 35.5. The maximum absolute atomic E-state index is 11.6. The summed E-state index contributed by atoms with van der Waals surface area (Å²) in [7, 11) is 0. The number of amides is 1. The second kappa shape index (κ2) is 8.39. The lowest BCUT2D eigenvalue weighted by atomic mass is 10.2. The molecule has 1 N–H and O–H groups in total. The lowest BCUT2D eigenvalue weighted by Gasteiger charge is -2.11. The molecule has 0 fully saturated rings. The normalized spacial score (nSPS) is 11.4. The molecule has 0 aliphatic rings. The van der Waals surface area contributed by atoms with Gasteiger partial charge in [-0.2, -0.15) is 5.26 Å². The molecule has 1 rings (SSSR count). The number of hydrogen-bond donors (Lipinski definition) is 1. The molecule has 19 heavy (non-hydrogen) atoms. The van der Waals surface area contributed by atoms with E-state index in [1.807, 2.05) is 19.1 Å². The Balaban J connectivity index is 2.31. The number of carbonyl (C=O) groups is 1. The highest BCUT2D eigenvalue weighted by molar-refractivity contribution is 6.32. The summed E-state index contributed by atoms with van der Waals surface area (Å²) >= 11 is 5.92. The Kier molecular flexibility index (Phi) is 6.76. The van der Waals surface area contributed by atoms with Crippen LogP contribution in [-0.4, -0.2) is 18.6 Å². The van der Waals surface area contributed by atoms with Gasteiger partial charge < -0.3 is 10.1 Å². The number of carbonyl (C=O) groups excluding carboxylic acids is 1. The van der Waals surface area contributed by atoms with E-state index in [2.05, 4.69) is 11.4 Å². The van der Waals surface area contributed by atoms with E-state index in [0.29, 0.717) is 17.2 Å². The van der Waals surface area contributed by atoms with Gasteiger partial charge in [-0.3, -0.25) is 4.79 Å². The fourth-order valence-corrected chi connectivity index (χ4v) is 1.73. The minimum atomic E-state index is -0.419. The van der Waals surface area contributed by atoms with Crippen LogP contribution in [0.4, 0.5) is 0 Å². The van der Waals surface area contributed by atoms with Crippen LogP contribution < -0.4 is 10.1 Å². The van der Waals surface area contributed by atoms with Crippen molar-refractivity contribution in [1.82, 2.24) is 5.32 Å². The number of para-hydroxylation sites is 1. The Hall–Kier alpha value is -1.73. The number of nitrogens with one attached hydrogen (secondary N) is 1. The third-order valence-corrected chi connectivity index (χ3v) is 2.80. The van der Waals surface area contributed by atoms with Gasteiger partial charge in [-0.15, -0.1) is 0 Å². The maximum Gasteiger partial charge on any atom is 0.224 e. The Bertz CT molecular complexity index is 457. The molecule has 0 saturated carbocycles. The van der Waals surface area contributed by atoms with E-state index in [-0.39, 0.29) is 18.9 Å². The van der Waals surface area contributed by atoms with Gasteiger partial charge in [0.2, 0.25) is 5.91 Å². The van der Waals surface area contributed by atoms with E-state index in [4.69, 9.17) is 21.6 Å². The zero-order chi connectivity index (χ0) is 14.1. The second-order valence-electron chi connectivity index (χ2n) is 4.07. The van der Waals surface area contributed by atoms with Gasteiger partial charge in [0.1, 0.15) is 11.8 Å². The van der Waals surface area contributed by atoms with E-state index in [1.54, 1.807) is 12.1 Å². The topological polar surface area (TPSA) is 62.1 Å². The van der Waals surface area contributed by atoms with Crippen LogP contribution in [0.2, 0.25) is 5.02 Å². The van der Waals surface area contributed by atoms with Crippen LogP contribution in [0, 0.1) is 11.3 Å². The quantitative estimate of drug-likeness (QED) is 0.835. The first-order valence-electron chi connectivity index (χ1n) is 6.23. The van der Waals surface area contributed by atoms with Crippen molar-refractivity contribution in [2.45, 2.75) is 32.2 Å². The first-order valence-corrected chi connectivity index (χ1v) is 6.61. The van der Waals surface area contributed by atoms with Crippen LogP contribution >= 0.6 is 11.6 Å². The highest BCUT2D eigenvalue weighted by Crippen LogP contribution is 2.22. The van der Waals surface area contributed by atoms with Crippen LogP contribution in [0.3, 0.4) is 0 Å². The fraction of sp³-hybridized carbons (Fsp3) is 0.429. The Morgan fingerprint density at radius 3 is 2.89 bits per heavy atom. The van der Waals surface area contributed by atoms with Crippen molar-refractivity contribution < 1.29 is 9.53 Å². The van der Waals surface area contributed by atoms with Crippen molar-refractivity contribution in [2.75, 3.05) is 6.61 Å². The number of benzene rings is 1. The first kappa shape index (κ1) is 15.3. The third kappa shape index (κ3) is 5.62. The van der Waals surface area contributed by atoms with Crippen LogP contribution in [0.25, 0.3) is 0 Å². The maximum atomic E-state index is 11.6. The number of nitriles is 1. The Labute approximate surface area is 118 Å². The van der Waals surface area contributed by atoms with E-state index in [1.165, 1.54) is 0 Å². The lowest BCUT2D eigenvalue weighted by Crippen LogP contribution is -2.34. The molecule has 0 bridgehead atoms. The molecule has 1 aromatic carbocycles. The molecule has 0 aliphatic heterocycles. The lowest BCUT2D eigenvalue weighted by molar-refractivity contribution is -0.122. The third-order valence-electron chi connectivity index (χ3n) is 2.49. The van der Waals surface area contributed by atoms with Gasteiger partial charge >= 0.3 is 0 Å². The molecule has 102 valence electrons. The molecule has 0 saturated heterocycles. The fourth-order valence-electron chi connectivity index (χ4n) is 1.54. The molecule has 1 aromatic rings. The summed E-state index contributed by atoms with van der Waals surface area (Å²) in [6.07, 6.45) is 1.72. The first-order chi connectivity index (χ1) is 9.17. The second-order valence-corrected chi connectivity index (χ2v) is 4.47. The highest BCUT2D eigenvalue weighted by Gasteiger charge is 2.10. The summed E-state index contributed by atoms with van der Waals surface area (Å²) < 4.78 is 5.41. The summed E-state index contributed by atoms with van der Waals surface area (Å²) in [6.45, 7) is 2.21. The Morgan fingerprint density at radius 2 is 2.26 bits per heavy atom. The number of ether oxygens (including phenoxy) is 1. The standard InChI is InChI=1S/C14H17ClN2O2/c1-2-5-11(10-16)17-14(18)8-9-19-13-7-4-3-6-12(13)15/h3-4,6-7,11H,2,5,8-9H2,1H3,(H,17,18). The van der Waals surface area contributed by atoms with Gasteiger partial charge in [0.05, 0.1) is 24.1 Å². The monoisotopic (exact) mass is 280 g/mol. The summed E-state index contributed by atoms with van der Waals surface area (Å²) in [5, 5.41) is 12.0. The van der Waals surface area contributed by atoms with Crippen LogP contribution in [-0.2, 0) is 4.79 Å². The number of rotatable bonds is 7. The molecule has 0 aliphatic carbocycles. The van der Waals surface area contributed by atoms with Gasteiger partial charge in [-0.05, 0) is 18.6 Å². The summed E-state index contributed by atoms with van der Waals surface area (Å²) in [4.78, 5) is 11.6. The predicted molar refractivity (Wildman–Crippen MR) is 74.0 cm³/mol. The van der Waals surface area contributed by atoms with Gasteiger partial charge in [0.25, 0.3) is 0 Å². The van der Waals surface area contributed by atoms with Gasteiger partial charge in [0.15, 0.2) is 0 Å². The van der Waals surface area contributed by atoms with Crippen molar-refractivity contribution in [2.24, 2.45) is 0 Å². The molecule has 0 radical (unpaired) electrons. The Morgan fingerprint density at radius 1 is 1.53 bits per heavy atom. The minimum absolute atomic E-state index is 0.188. The van der Waals surface area contributed by atoms with Crippen molar-refractivity contribution in [3.63, 3.8) is 0 Å². The van der Waals surface area contributed by atoms with Crippen molar-refractivity contribution in [3.8, 4) is 11.8 Å². The smallest absolute Gasteiger partial charge is 0.224 e. The van der Waals surface area contributed by atoms with E-state index < -0.39 is 6.04 Å². The average Bonchev–Trinajstić information content (AvgIpc) is 2.40.